The van der Waals surface area contributed by atoms with Gasteiger partial charge in [0, 0.05) is 19.6 Å². The van der Waals surface area contributed by atoms with Crippen LogP contribution in [0.25, 0.3) is 0 Å². The molecule has 1 aliphatic rings. The molecule has 2 aromatic carbocycles. The van der Waals surface area contributed by atoms with Crippen molar-refractivity contribution in [3.05, 3.63) is 53.8 Å². The number of hydrogen-bond donors (Lipinski definition) is 1. The van der Waals surface area contributed by atoms with Gasteiger partial charge in [-0.3, -0.25) is 0 Å². The molecule has 152 valence electrons. The molecule has 6 nitrogen and oxygen atoms in total. The SMILES string of the molecule is COc1ccc(F)cc1S(=O)(=O)NCc1ccc(OC2CCN(C)CC2)cc1. The Labute approximate surface area is 165 Å². The molecular weight excluding hydrogens is 383 g/mol. The van der Waals surface area contributed by atoms with Crippen LogP contribution >= 0.6 is 0 Å². The largest absolute Gasteiger partial charge is 0.495 e. The van der Waals surface area contributed by atoms with Crippen molar-refractivity contribution in [3.63, 3.8) is 0 Å². The number of sulfonamides is 1. The Bertz CT molecular complexity index is 895. The second-order valence-corrected chi connectivity index (χ2v) is 8.62. The van der Waals surface area contributed by atoms with Crippen LogP contribution in [0.5, 0.6) is 11.5 Å². The smallest absolute Gasteiger partial charge is 0.244 e. The topological polar surface area (TPSA) is 67.9 Å². The number of likely N-dealkylation sites (tertiary alicyclic amines) is 1. The average Bonchev–Trinajstić information content (AvgIpc) is 2.69. The first-order valence-corrected chi connectivity index (χ1v) is 10.6. The Morgan fingerprint density at radius 2 is 1.82 bits per heavy atom. The molecule has 2 aromatic rings. The Kier molecular flexibility index (Phi) is 6.53. The summed E-state index contributed by atoms with van der Waals surface area (Å²) in [4.78, 5) is 2.06. The predicted octanol–water partition coefficient (Wildman–Crippen LogP) is 2.79. The van der Waals surface area contributed by atoms with Crippen LogP contribution in [0.1, 0.15) is 18.4 Å². The minimum absolute atomic E-state index is 0.0799. The third-order valence-corrected chi connectivity index (χ3v) is 6.20. The standard InChI is InChI=1S/C20H25FN2O4S/c1-23-11-9-18(10-12-23)27-17-6-3-15(4-7-17)14-22-28(24,25)20-13-16(21)5-8-19(20)26-2/h3-8,13,18,22H,9-12,14H2,1-2H3. The molecule has 0 amide bonds. The molecule has 1 fully saturated rings. The minimum atomic E-state index is -3.91. The quantitative estimate of drug-likeness (QED) is 0.763. The number of nitrogens with one attached hydrogen (secondary N) is 1. The first-order valence-electron chi connectivity index (χ1n) is 9.15. The van der Waals surface area contributed by atoms with E-state index in [4.69, 9.17) is 9.47 Å². The van der Waals surface area contributed by atoms with Crippen LogP contribution in [-0.2, 0) is 16.6 Å². The van der Waals surface area contributed by atoms with Crippen molar-refractivity contribution in [3.8, 4) is 11.5 Å². The number of hydrogen-bond acceptors (Lipinski definition) is 5. The number of benzene rings is 2. The Morgan fingerprint density at radius 1 is 1.14 bits per heavy atom. The van der Waals surface area contributed by atoms with Gasteiger partial charge < -0.3 is 14.4 Å². The third kappa shape index (κ3) is 5.21. The van der Waals surface area contributed by atoms with Crippen LogP contribution in [0.15, 0.2) is 47.4 Å². The van der Waals surface area contributed by atoms with Crippen LogP contribution in [-0.4, -0.2) is 46.7 Å². The summed E-state index contributed by atoms with van der Waals surface area (Å²) in [6, 6.07) is 10.7. The fourth-order valence-electron chi connectivity index (χ4n) is 3.10. The highest BCUT2D eigenvalue weighted by molar-refractivity contribution is 7.89. The molecule has 8 heteroatoms. The number of halogens is 1. The van der Waals surface area contributed by atoms with Crippen molar-refractivity contribution in [2.24, 2.45) is 0 Å². The Hall–Kier alpha value is -2.16. The molecule has 1 saturated heterocycles. The zero-order chi connectivity index (χ0) is 20.1. The molecule has 1 aliphatic heterocycles. The summed E-state index contributed by atoms with van der Waals surface area (Å²) in [6.45, 7) is 2.12. The van der Waals surface area contributed by atoms with Gasteiger partial charge in [-0.15, -0.1) is 0 Å². The zero-order valence-electron chi connectivity index (χ0n) is 16.0. The Balaban J connectivity index is 1.61. The van der Waals surface area contributed by atoms with E-state index in [1.54, 1.807) is 0 Å². The number of rotatable bonds is 7. The van der Waals surface area contributed by atoms with Crippen molar-refractivity contribution < 1.29 is 22.3 Å². The number of nitrogens with zero attached hydrogens (tertiary/aromatic N) is 1. The highest BCUT2D eigenvalue weighted by Crippen LogP contribution is 2.25. The van der Waals surface area contributed by atoms with Gasteiger partial charge in [0.05, 0.1) is 7.11 Å². The fraction of sp³-hybridized carbons (Fsp3) is 0.400. The van der Waals surface area contributed by atoms with Gasteiger partial charge in [-0.1, -0.05) is 12.1 Å². The van der Waals surface area contributed by atoms with Gasteiger partial charge in [0.2, 0.25) is 10.0 Å². The molecule has 0 aromatic heterocycles. The van der Waals surface area contributed by atoms with Crippen molar-refractivity contribution in [2.75, 3.05) is 27.2 Å². The van der Waals surface area contributed by atoms with Crippen LogP contribution in [0.4, 0.5) is 4.39 Å². The summed E-state index contributed by atoms with van der Waals surface area (Å²) in [5.41, 5.74) is 0.773. The van der Waals surface area contributed by atoms with E-state index in [1.165, 1.54) is 13.2 Å². The van der Waals surface area contributed by atoms with Gasteiger partial charge in [-0.05, 0) is 55.8 Å². The maximum Gasteiger partial charge on any atom is 0.244 e. The normalized spacial score (nSPS) is 16.1. The second kappa shape index (κ2) is 8.89. The van der Waals surface area contributed by atoms with E-state index in [0.29, 0.717) is 0 Å². The molecule has 0 unspecified atom stereocenters. The van der Waals surface area contributed by atoms with E-state index in [1.807, 2.05) is 24.3 Å². The van der Waals surface area contributed by atoms with Crippen molar-refractivity contribution in [2.45, 2.75) is 30.4 Å². The summed E-state index contributed by atoms with van der Waals surface area (Å²) < 4.78 is 52.0. The number of methoxy groups -OCH3 is 1. The van der Waals surface area contributed by atoms with E-state index >= 15 is 0 Å². The molecule has 1 heterocycles. The first kappa shape index (κ1) is 20.6. The summed E-state index contributed by atoms with van der Waals surface area (Å²) in [6.07, 6.45) is 2.20. The lowest BCUT2D eigenvalue weighted by Crippen LogP contribution is -2.35. The monoisotopic (exact) mass is 408 g/mol. The van der Waals surface area contributed by atoms with Crippen molar-refractivity contribution in [1.82, 2.24) is 9.62 Å². The summed E-state index contributed by atoms with van der Waals surface area (Å²) >= 11 is 0. The van der Waals surface area contributed by atoms with E-state index < -0.39 is 15.8 Å². The van der Waals surface area contributed by atoms with Crippen molar-refractivity contribution in [1.29, 1.82) is 0 Å². The second-order valence-electron chi connectivity index (χ2n) is 6.88. The van der Waals surface area contributed by atoms with E-state index in [2.05, 4.69) is 16.7 Å². The highest BCUT2D eigenvalue weighted by atomic mass is 32.2. The van der Waals surface area contributed by atoms with Crippen LogP contribution in [0.2, 0.25) is 0 Å². The van der Waals surface area contributed by atoms with E-state index in [-0.39, 0.29) is 23.3 Å². The summed E-state index contributed by atoms with van der Waals surface area (Å²) in [5, 5.41) is 0. The fourth-order valence-corrected chi connectivity index (χ4v) is 4.29. The molecule has 28 heavy (non-hydrogen) atoms. The number of ether oxygens (including phenoxy) is 2. The Morgan fingerprint density at radius 3 is 2.46 bits per heavy atom. The minimum Gasteiger partial charge on any atom is -0.495 e. The predicted molar refractivity (Wildman–Crippen MR) is 105 cm³/mol. The number of piperidine rings is 1. The lowest BCUT2D eigenvalue weighted by Gasteiger charge is -2.29. The lowest BCUT2D eigenvalue weighted by molar-refractivity contribution is 0.114. The zero-order valence-corrected chi connectivity index (χ0v) is 16.8. The van der Waals surface area contributed by atoms with Crippen molar-refractivity contribution >= 4 is 10.0 Å². The molecular formula is C20H25FN2O4S. The summed E-state index contributed by atoms with van der Waals surface area (Å²) in [5.74, 6) is 0.223. The third-order valence-electron chi connectivity index (χ3n) is 4.77. The van der Waals surface area contributed by atoms with Gasteiger partial charge >= 0.3 is 0 Å². The average molecular weight is 408 g/mol. The van der Waals surface area contributed by atoms with Crippen LogP contribution in [0.3, 0.4) is 0 Å². The molecule has 0 saturated carbocycles. The highest BCUT2D eigenvalue weighted by Gasteiger charge is 2.20. The van der Waals surface area contributed by atoms with E-state index in [0.717, 1.165) is 49.4 Å². The van der Waals surface area contributed by atoms with Crippen LogP contribution in [0, 0.1) is 5.82 Å². The molecule has 0 bridgehead atoms. The van der Waals surface area contributed by atoms with Gasteiger partial charge in [0.1, 0.15) is 28.3 Å². The maximum atomic E-state index is 13.5. The van der Waals surface area contributed by atoms with Crippen LogP contribution < -0.4 is 14.2 Å². The lowest BCUT2D eigenvalue weighted by atomic mass is 10.1. The summed E-state index contributed by atoms with van der Waals surface area (Å²) in [7, 11) is -0.467. The van der Waals surface area contributed by atoms with E-state index in [9.17, 15) is 12.8 Å². The van der Waals surface area contributed by atoms with Gasteiger partial charge in [0.25, 0.3) is 0 Å². The molecule has 3 rings (SSSR count). The molecule has 0 atom stereocenters. The van der Waals surface area contributed by atoms with Gasteiger partial charge in [-0.2, -0.15) is 0 Å². The molecule has 1 N–H and O–H groups in total. The van der Waals surface area contributed by atoms with Gasteiger partial charge in [-0.25, -0.2) is 17.5 Å². The first-order chi connectivity index (χ1) is 13.4. The molecule has 0 radical (unpaired) electrons. The molecule has 0 spiro atoms. The molecule has 0 aliphatic carbocycles. The maximum absolute atomic E-state index is 13.5. The van der Waals surface area contributed by atoms with Gasteiger partial charge in [0.15, 0.2) is 0 Å².